The third kappa shape index (κ3) is 5.01. The quantitative estimate of drug-likeness (QED) is 0.822. The lowest BCUT2D eigenvalue weighted by molar-refractivity contribution is 0.202. The Morgan fingerprint density at radius 3 is 2.50 bits per heavy atom. The molecule has 8 heteroatoms. The van der Waals surface area contributed by atoms with E-state index in [1.807, 2.05) is 26.0 Å². The Morgan fingerprint density at radius 2 is 1.89 bits per heavy atom. The van der Waals surface area contributed by atoms with Gasteiger partial charge >= 0.3 is 6.03 Å². The maximum absolute atomic E-state index is 13.0. The lowest BCUT2D eigenvalue weighted by Gasteiger charge is -2.36. The van der Waals surface area contributed by atoms with E-state index in [9.17, 15) is 9.18 Å². The zero-order chi connectivity index (χ0) is 20.1. The molecule has 3 rings (SSSR count). The molecule has 0 bridgehead atoms. The molecule has 1 aromatic heterocycles. The van der Waals surface area contributed by atoms with Crippen LogP contribution in [0.4, 0.5) is 14.9 Å². The second-order valence-electron chi connectivity index (χ2n) is 7.20. The highest BCUT2D eigenvalue weighted by atomic mass is 19.1. The fraction of sp³-hybridized carbons (Fsp3) is 0.500. The lowest BCUT2D eigenvalue weighted by Crippen LogP contribution is -2.49. The van der Waals surface area contributed by atoms with E-state index in [1.165, 1.54) is 12.1 Å². The van der Waals surface area contributed by atoms with Crippen LogP contribution in [0.5, 0.6) is 0 Å². The minimum atomic E-state index is -0.211. The number of amides is 2. The minimum absolute atomic E-state index is 0.107. The van der Waals surface area contributed by atoms with Gasteiger partial charge in [-0.1, -0.05) is 5.16 Å². The van der Waals surface area contributed by atoms with Gasteiger partial charge in [0.05, 0.1) is 12.2 Å². The molecule has 0 spiro atoms. The van der Waals surface area contributed by atoms with Crippen LogP contribution in [0.3, 0.4) is 0 Å². The van der Waals surface area contributed by atoms with Crippen molar-refractivity contribution in [1.29, 1.82) is 0 Å². The van der Waals surface area contributed by atoms with Crippen molar-refractivity contribution in [3.63, 3.8) is 0 Å². The fourth-order valence-corrected chi connectivity index (χ4v) is 3.37. The second kappa shape index (κ2) is 9.05. The van der Waals surface area contributed by atoms with E-state index >= 15 is 0 Å². The molecule has 0 radical (unpaired) electrons. The number of carbonyl (C=O) groups is 1. The van der Waals surface area contributed by atoms with Crippen LogP contribution in [0, 0.1) is 19.7 Å². The number of hydrogen-bond acceptors (Lipinski definition) is 5. The number of rotatable bonds is 6. The van der Waals surface area contributed by atoms with Crippen LogP contribution < -0.4 is 10.2 Å². The monoisotopic (exact) mass is 389 g/mol. The summed E-state index contributed by atoms with van der Waals surface area (Å²) in [6.07, 6.45) is 0. The van der Waals surface area contributed by atoms with Crippen LogP contribution in [0.25, 0.3) is 0 Å². The van der Waals surface area contributed by atoms with Crippen LogP contribution >= 0.6 is 0 Å². The number of carbonyl (C=O) groups excluding carboxylic acids is 1. The maximum Gasteiger partial charge on any atom is 0.317 e. The number of anilines is 1. The van der Waals surface area contributed by atoms with Gasteiger partial charge in [-0.2, -0.15) is 0 Å². The summed E-state index contributed by atoms with van der Waals surface area (Å²) in [4.78, 5) is 18.5. The molecule has 2 amide bonds. The molecule has 1 aliphatic rings. The Labute approximate surface area is 165 Å². The zero-order valence-electron chi connectivity index (χ0n) is 16.7. The Balaban J connectivity index is 1.37. The zero-order valence-corrected chi connectivity index (χ0v) is 16.7. The predicted octanol–water partition coefficient (Wildman–Crippen LogP) is 2.39. The molecule has 1 aliphatic heterocycles. The largest absolute Gasteiger partial charge is 0.369 e. The number of hydrogen-bond donors (Lipinski definition) is 1. The molecule has 1 fully saturated rings. The summed E-state index contributed by atoms with van der Waals surface area (Å²) in [6, 6.07) is 6.53. The van der Waals surface area contributed by atoms with E-state index in [0.29, 0.717) is 13.1 Å². The maximum atomic E-state index is 13.0. The van der Waals surface area contributed by atoms with Gasteiger partial charge in [0, 0.05) is 57.6 Å². The molecule has 1 aromatic carbocycles. The molecule has 1 saturated heterocycles. The molecule has 1 N–H and O–H groups in total. The third-order valence-electron chi connectivity index (χ3n) is 5.19. The summed E-state index contributed by atoms with van der Waals surface area (Å²) in [6.45, 7) is 9.24. The first kappa shape index (κ1) is 20.1. The molecule has 28 heavy (non-hydrogen) atoms. The summed E-state index contributed by atoms with van der Waals surface area (Å²) in [5, 5.41) is 6.89. The van der Waals surface area contributed by atoms with Crippen molar-refractivity contribution in [1.82, 2.24) is 20.3 Å². The highest BCUT2D eigenvalue weighted by Crippen LogP contribution is 2.17. The van der Waals surface area contributed by atoms with Crippen molar-refractivity contribution in [2.24, 2.45) is 0 Å². The Hall–Kier alpha value is -2.61. The number of aryl methyl sites for hydroxylation is 2. The Bertz CT molecular complexity index is 765. The molecular formula is C20H28FN5O2. The third-order valence-corrected chi connectivity index (χ3v) is 5.19. The number of piperazine rings is 1. The summed E-state index contributed by atoms with van der Waals surface area (Å²) in [5.74, 6) is 0.536. The van der Waals surface area contributed by atoms with E-state index in [4.69, 9.17) is 4.52 Å². The van der Waals surface area contributed by atoms with Gasteiger partial charge < -0.3 is 19.6 Å². The average Bonchev–Trinajstić information content (AvgIpc) is 3.01. The Morgan fingerprint density at radius 1 is 1.21 bits per heavy atom. The minimum Gasteiger partial charge on any atom is -0.369 e. The molecule has 2 heterocycles. The van der Waals surface area contributed by atoms with Crippen LogP contribution in [0.1, 0.15) is 17.0 Å². The topological polar surface area (TPSA) is 64.9 Å². The normalized spacial score (nSPS) is 14.9. The number of nitrogens with zero attached hydrogens (tertiary/aromatic N) is 4. The first-order valence-corrected chi connectivity index (χ1v) is 9.57. The number of nitrogens with one attached hydrogen (secondary N) is 1. The number of halogens is 1. The van der Waals surface area contributed by atoms with Crippen LogP contribution in [-0.2, 0) is 6.54 Å². The lowest BCUT2D eigenvalue weighted by atomic mass is 10.2. The SMILES string of the molecule is Cc1noc(C)c1CN(C)C(=O)NCCN1CCN(c2ccc(F)cc2)CC1. The van der Waals surface area contributed by atoms with E-state index in [2.05, 4.69) is 20.3 Å². The predicted molar refractivity (Wildman–Crippen MR) is 106 cm³/mol. The van der Waals surface area contributed by atoms with Gasteiger partial charge in [-0.25, -0.2) is 9.18 Å². The number of aromatic nitrogens is 1. The molecule has 7 nitrogen and oxygen atoms in total. The standard InChI is InChI=1S/C20H28FN5O2/c1-15-19(16(2)28-23-15)14-24(3)20(27)22-8-9-25-10-12-26(13-11-25)18-6-4-17(21)5-7-18/h4-7H,8-14H2,1-3H3,(H,22,27). The first-order chi connectivity index (χ1) is 13.4. The van der Waals surface area contributed by atoms with Gasteiger partial charge in [-0.15, -0.1) is 0 Å². The van der Waals surface area contributed by atoms with Crippen LogP contribution in [0.2, 0.25) is 0 Å². The average molecular weight is 389 g/mol. The van der Waals surface area contributed by atoms with Crippen molar-refractivity contribution in [2.45, 2.75) is 20.4 Å². The molecule has 0 atom stereocenters. The summed E-state index contributed by atoms with van der Waals surface area (Å²) in [5.41, 5.74) is 2.82. The smallest absolute Gasteiger partial charge is 0.317 e. The summed E-state index contributed by atoms with van der Waals surface area (Å²) in [7, 11) is 1.77. The van der Waals surface area contributed by atoms with Gasteiger partial charge in [0.1, 0.15) is 11.6 Å². The van der Waals surface area contributed by atoms with Gasteiger partial charge in [0.25, 0.3) is 0 Å². The number of urea groups is 1. The molecule has 152 valence electrons. The van der Waals surface area contributed by atoms with Crippen molar-refractivity contribution in [3.05, 3.63) is 47.1 Å². The molecule has 2 aromatic rings. The van der Waals surface area contributed by atoms with E-state index in [0.717, 1.165) is 55.4 Å². The van der Waals surface area contributed by atoms with Gasteiger partial charge in [0.2, 0.25) is 0 Å². The van der Waals surface area contributed by atoms with Crippen LogP contribution in [0.15, 0.2) is 28.8 Å². The van der Waals surface area contributed by atoms with Gasteiger partial charge in [-0.3, -0.25) is 4.90 Å². The first-order valence-electron chi connectivity index (χ1n) is 9.57. The highest BCUT2D eigenvalue weighted by molar-refractivity contribution is 5.73. The van der Waals surface area contributed by atoms with Crippen molar-refractivity contribution in [3.8, 4) is 0 Å². The molecule has 0 saturated carbocycles. The molecule has 0 unspecified atom stereocenters. The second-order valence-corrected chi connectivity index (χ2v) is 7.20. The highest BCUT2D eigenvalue weighted by Gasteiger charge is 2.18. The fourth-order valence-electron chi connectivity index (χ4n) is 3.37. The van der Waals surface area contributed by atoms with E-state index in [-0.39, 0.29) is 11.8 Å². The van der Waals surface area contributed by atoms with Crippen molar-refractivity contribution in [2.75, 3.05) is 51.2 Å². The summed E-state index contributed by atoms with van der Waals surface area (Å²) >= 11 is 0. The summed E-state index contributed by atoms with van der Waals surface area (Å²) < 4.78 is 18.2. The number of benzene rings is 1. The molecular weight excluding hydrogens is 361 g/mol. The van der Waals surface area contributed by atoms with Crippen molar-refractivity contribution < 1.29 is 13.7 Å². The van der Waals surface area contributed by atoms with Crippen LogP contribution in [-0.4, -0.2) is 67.3 Å². The van der Waals surface area contributed by atoms with E-state index < -0.39 is 0 Å². The van der Waals surface area contributed by atoms with Gasteiger partial charge in [-0.05, 0) is 38.1 Å². The Kier molecular flexibility index (Phi) is 6.51. The van der Waals surface area contributed by atoms with Gasteiger partial charge in [0.15, 0.2) is 0 Å². The van der Waals surface area contributed by atoms with E-state index in [1.54, 1.807) is 11.9 Å². The molecule has 0 aliphatic carbocycles. The van der Waals surface area contributed by atoms with Crippen molar-refractivity contribution >= 4 is 11.7 Å².